The van der Waals surface area contributed by atoms with E-state index in [2.05, 4.69) is 106 Å². The summed E-state index contributed by atoms with van der Waals surface area (Å²) in [6, 6.07) is 0. The first-order valence-corrected chi connectivity index (χ1v) is 23.1. The Hall–Kier alpha value is -4.19. The summed E-state index contributed by atoms with van der Waals surface area (Å²) in [5.41, 5.74) is 0. The van der Waals surface area contributed by atoms with Gasteiger partial charge in [-0.15, -0.1) is 0 Å². The van der Waals surface area contributed by atoms with Gasteiger partial charge >= 0.3 is 17.9 Å². The summed E-state index contributed by atoms with van der Waals surface area (Å²) >= 11 is 0. The summed E-state index contributed by atoms with van der Waals surface area (Å²) in [5, 5.41) is 0. The van der Waals surface area contributed by atoms with Crippen molar-refractivity contribution in [3.63, 3.8) is 0 Å². The molecule has 0 aliphatic heterocycles. The summed E-state index contributed by atoms with van der Waals surface area (Å²) in [4.78, 5) is 37.8. The molecule has 0 rings (SSSR count). The van der Waals surface area contributed by atoms with Gasteiger partial charge in [0.2, 0.25) is 0 Å². The maximum absolute atomic E-state index is 12.7. The number of unbranched alkanes of at least 4 members (excludes halogenated alkanes) is 12. The van der Waals surface area contributed by atoms with E-state index in [1.165, 1.54) is 6.42 Å². The monoisotopic (exact) mass is 815 g/mol. The summed E-state index contributed by atoms with van der Waals surface area (Å²) < 4.78 is 16.6. The number of ether oxygens (including phenoxy) is 3. The largest absolute Gasteiger partial charge is 0.462 e. The Balaban J connectivity index is 4.52. The fraction of sp³-hybridized carbons (Fsp3) is 0.566. The minimum absolute atomic E-state index is 0.117. The molecule has 0 fully saturated rings. The Morgan fingerprint density at radius 3 is 1.25 bits per heavy atom. The van der Waals surface area contributed by atoms with Crippen molar-refractivity contribution < 1.29 is 28.6 Å². The maximum atomic E-state index is 12.7. The zero-order valence-corrected chi connectivity index (χ0v) is 37.5. The normalized spacial score (nSPS) is 13.2. The molecule has 0 saturated carbocycles. The van der Waals surface area contributed by atoms with Crippen LogP contribution in [-0.2, 0) is 28.6 Å². The minimum Gasteiger partial charge on any atom is -0.462 e. The van der Waals surface area contributed by atoms with Crippen molar-refractivity contribution in [1.29, 1.82) is 0 Å². The Kier molecular flexibility index (Phi) is 43.2. The predicted octanol–water partition coefficient (Wildman–Crippen LogP) is 15.0. The molecule has 0 aliphatic rings. The highest BCUT2D eigenvalue weighted by Crippen LogP contribution is 2.12. The summed E-state index contributed by atoms with van der Waals surface area (Å²) in [6.45, 7) is 6.20. The van der Waals surface area contributed by atoms with Crippen LogP contribution in [0.3, 0.4) is 0 Å². The first kappa shape index (κ1) is 54.8. The lowest BCUT2D eigenvalue weighted by molar-refractivity contribution is -0.167. The average molecular weight is 815 g/mol. The lowest BCUT2D eigenvalue weighted by Gasteiger charge is -2.18. The van der Waals surface area contributed by atoms with Gasteiger partial charge in [0.25, 0.3) is 0 Å². The van der Waals surface area contributed by atoms with Crippen LogP contribution in [0.25, 0.3) is 0 Å². The number of carbonyl (C=O) groups is 3. The van der Waals surface area contributed by atoms with E-state index in [1.807, 2.05) is 36.5 Å². The van der Waals surface area contributed by atoms with Crippen molar-refractivity contribution in [2.45, 2.75) is 181 Å². The van der Waals surface area contributed by atoms with E-state index in [1.54, 1.807) is 0 Å². The average Bonchev–Trinajstić information content (AvgIpc) is 3.23. The number of rotatable bonds is 39. The SMILES string of the molecule is CC/C=C\C/C=C\C/C=C\CCCC(=O)OCC(COC(=O)CCCCCCC\C=C/C=C\C=C/C=C\C=C/CCC)OC(=O)CCCCCCC/C=C\C/C=C\CC. The highest BCUT2D eigenvalue weighted by Gasteiger charge is 2.19. The smallest absolute Gasteiger partial charge is 0.306 e. The third kappa shape index (κ3) is 44.8. The minimum atomic E-state index is -0.818. The van der Waals surface area contributed by atoms with Crippen LogP contribution >= 0.6 is 0 Å². The van der Waals surface area contributed by atoms with Crippen LogP contribution in [0.1, 0.15) is 175 Å². The maximum Gasteiger partial charge on any atom is 0.306 e. The van der Waals surface area contributed by atoms with Crippen molar-refractivity contribution >= 4 is 17.9 Å². The van der Waals surface area contributed by atoms with Gasteiger partial charge in [-0.2, -0.15) is 0 Å². The van der Waals surface area contributed by atoms with E-state index in [9.17, 15) is 14.4 Å². The molecule has 0 N–H and O–H groups in total. The van der Waals surface area contributed by atoms with Gasteiger partial charge in [0.1, 0.15) is 13.2 Å². The lowest BCUT2D eigenvalue weighted by Crippen LogP contribution is -2.30. The van der Waals surface area contributed by atoms with Gasteiger partial charge in [0.05, 0.1) is 0 Å². The fourth-order valence-corrected chi connectivity index (χ4v) is 5.65. The molecular weight excluding hydrogens is 733 g/mol. The molecular formula is C53H82O6. The van der Waals surface area contributed by atoms with Crippen molar-refractivity contribution in [1.82, 2.24) is 0 Å². The van der Waals surface area contributed by atoms with Gasteiger partial charge in [-0.3, -0.25) is 14.4 Å². The molecule has 0 aliphatic carbocycles. The second-order valence-corrected chi connectivity index (χ2v) is 14.7. The molecule has 0 amide bonds. The van der Waals surface area contributed by atoms with Crippen LogP contribution in [0.15, 0.2) is 122 Å². The number of hydrogen-bond acceptors (Lipinski definition) is 6. The second kappa shape index (κ2) is 46.5. The molecule has 0 aromatic heterocycles. The summed E-state index contributed by atoms with van der Waals surface area (Å²) in [5.74, 6) is -1.03. The van der Waals surface area contributed by atoms with Gasteiger partial charge < -0.3 is 14.2 Å². The van der Waals surface area contributed by atoms with Gasteiger partial charge in [-0.25, -0.2) is 0 Å². The van der Waals surface area contributed by atoms with Crippen molar-refractivity contribution in [2.75, 3.05) is 13.2 Å². The fourth-order valence-electron chi connectivity index (χ4n) is 5.65. The lowest BCUT2D eigenvalue weighted by atomic mass is 10.1. The van der Waals surface area contributed by atoms with Crippen LogP contribution in [-0.4, -0.2) is 37.2 Å². The number of hydrogen-bond donors (Lipinski definition) is 0. The molecule has 0 saturated heterocycles. The molecule has 0 aromatic carbocycles. The van der Waals surface area contributed by atoms with Gasteiger partial charge in [-0.1, -0.05) is 187 Å². The molecule has 0 heterocycles. The van der Waals surface area contributed by atoms with Crippen LogP contribution in [0.2, 0.25) is 0 Å². The Bertz CT molecular complexity index is 1300. The Morgan fingerprint density at radius 1 is 0.373 bits per heavy atom. The van der Waals surface area contributed by atoms with E-state index in [-0.39, 0.29) is 44.0 Å². The molecule has 1 unspecified atom stereocenters. The van der Waals surface area contributed by atoms with Crippen LogP contribution < -0.4 is 0 Å². The number of allylic oxidation sites excluding steroid dienone is 20. The molecule has 6 heteroatoms. The predicted molar refractivity (Wildman–Crippen MR) is 251 cm³/mol. The van der Waals surface area contributed by atoms with Gasteiger partial charge in [0.15, 0.2) is 6.10 Å². The molecule has 0 radical (unpaired) electrons. The Labute approximate surface area is 361 Å². The van der Waals surface area contributed by atoms with E-state index in [0.717, 1.165) is 122 Å². The number of carbonyl (C=O) groups excluding carboxylic acids is 3. The molecule has 0 aromatic rings. The topological polar surface area (TPSA) is 78.9 Å². The molecule has 0 bridgehead atoms. The van der Waals surface area contributed by atoms with E-state index < -0.39 is 6.10 Å². The molecule has 330 valence electrons. The first-order valence-electron chi connectivity index (χ1n) is 23.1. The van der Waals surface area contributed by atoms with E-state index in [0.29, 0.717) is 12.8 Å². The molecule has 59 heavy (non-hydrogen) atoms. The molecule has 6 nitrogen and oxygen atoms in total. The molecule has 0 spiro atoms. The zero-order chi connectivity index (χ0) is 43.0. The van der Waals surface area contributed by atoms with Crippen LogP contribution in [0.5, 0.6) is 0 Å². The van der Waals surface area contributed by atoms with Crippen LogP contribution in [0.4, 0.5) is 0 Å². The van der Waals surface area contributed by atoms with Gasteiger partial charge in [0, 0.05) is 19.3 Å². The third-order valence-electron chi connectivity index (χ3n) is 9.04. The molecule has 1 atom stereocenters. The standard InChI is InChI=1S/C53H82O6/c1-4-7-10-13-16-19-22-24-25-26-27-28-29-32-34-37-40-43-46-52(55)58-49-50(48-57-51(54)45-42-39-36-33-30-21-18-15-12-9-6-3)59-53(56)47-44-41-38-35-31-23-20-17-14-11-8-5-2/h8-13,16-22,24-28,33,36,50H,4-7,14-15,23,29-32,34-35,37-49H2,1-3H3/b11-8-,12-9-,13-10-,19-16-,20-17-,21-18-,24-22-,26-25-,28-27-,36-33-. The van der Waals surface area contributed by atoms with E-state index >= 15 is 0 Å². The zero-order valence-electron chi connectivity index (χ0n) is 37.5. The van der Waals surface area contributed by atoms with Crippen molar-refractivity contribution in [3.8, 4) is 0 Å². The van der Waals surface area contributed by atoms with Crippen molar-refractivity contribution in [2.24, 2.45) is 0 Å². The third-order valence-corrected chi connectivity index (χ3v) is 9.04. The quantitative estimate of drug-likeness (QED) is 0.0202. The summed E-state index contributed by atoms with van der Waals surface area (Å²) in [7, 11) is 0. The van der Waals surface area contributed by atoms with E-state index in [4.69, 9.17) is 14.2 Å². The van der Waals surface area contributed by atoms with Crippen molar-refractivity contribution in [3.05, 3.63) is 122 Å². The highest BCUT2D eigenvalue weighted by molar-refractivity contribution is 5.71. The number of esters is 3. The van der Waals surface area contributed by atoms with Gasteiger partial charge in [-0.05, 0) is 89.9 Å². The first-order chi connectivity index (χ1) is 29.0. The second-order valence-electron chi connectivity index (χ2n) is 14.7. The van der Waals surface area contributed by atoms with Crippen LogP contribution in [0, 0.1) is 0 Å². The Morgan fingerprint density at radius 2 is 0.746 bits per heavy atom. The highest BCUT2D eigenvalue weighted by atomic mass is 16.6. The summed E-state index contributed by atoms with van der Waals surface area (Å²) in [6.07, 6.45) is 63.3.